The third-order valence-electron chi connectivity index (χ3n) is 6.42. The quantitative estimate of drug-likeness (QED) is 0.672. The van der Waals surface area contributed by atoms with Gasteiger partial charge in [-0.3, -0.25) is 0 Å². The van der Waals surface area contributed by atoms with Gasteiger partial charge in [0, 0.05) is 43.2 Å². The molecule has 1 saturated carbocycles. The van der Waals surface area contributed by atoms with Crippen molar-refractivity contribution in [1.82, 2.24) is 15.2 Å². The maximum Gasteiger partial charge on any atom is 0.170 e. The normalized spacial score (nSPS) is 18.9. The first-order valence-corrected chi connectivity index (χ1v) is 11.5. The van der Waals surface area contributed by atoms with E-state index in [9.17, 15) is 0 Å². The van der Waals surface area contributed by atoms with Crippen molar-refractivity contribution in [2.75, 3.05) is 50.0 Å². The molecule has 0 atom stereocenters. The molecule has 0 bridgehead atoms. The Labute approximate surface area is 189 Å². The van der Waals surface area contributed by atoms with E-state index in [1.165, 1.54) is 18.4 Å². The highest BCUT2D eigenvalue weighted by Gasteiger charge is 2.35. The molecule has 1 saturated heterocycles. The van der Waals surface area contributed by atoms with Crippen LogP contribution in [0.5, 0.6) is 0 Å². The predicted molar refractivity (Wildman–Crippen MR) is 130 cm³/mol. The number of likely N-dealkylation sites (N-methyl/N-ethyl adjacent to an activating group) is 1. The standard InChI is InChI=1S/C23H30ClN5S/c1-28-11-13-29(14-12-28)21-8-7-20(16-25-21)27-22(30)26-17-23(9-2-3-10-23)18-5-4-6-19(24)15-18/h4-8,15-16H,2-3,9-14,17H2,1H3,(H2,26,27,30). The van der Waals surface area contributed by atoms with Gasteiger partial charge in [-0.25, -0.2) is 4.98 Å². The van der Waals surface area contributed by atoms with Crippen molar-refractivity contribution in [2.45, 2.75) is 31.1 Å². The van der Waals surface area contributed by atoms with E-state index in [4.69, 9.17) is 23.8 Å². The van der Waals surface area contributed by atoms with Gasteiger partial charge < -0.3 is 20.4 Å². The number of benzene rings is 1. The minimum atomic E-state index is 0.0974. The second kappa shape index (κ2) is 9.50. The number of pyridine rings is 1. The Morgan fingerprint density at radius 1 is 1.13 bits per heavy atom. The fourth-order valence-electron chi connectivity index (χ4n) is 4.55. The predicted octanol–water partition coefficient (Wildman–Crippen LogP) is 4.29. The fraction of sp³-hybridized carbons (Fsp3) is 0.478. The molecule has 0 radical (unpaired) electrons. The summed E-state index contributed by atoms with van der Waals surface area (Å²) in [6.07, 6.45) is 6.66. The molecule has 2 aliphatic rings. The summed E-state index contributed by atoms with van der Waals surface area (Å²) in [5, 5.41) is 8.17. The zero-order valence-corrected chi connectivity index (χ0v) is 19.1. The molecule has 2 fully saturated rings. The highest BCUT2D eigenvalue weighted by molar-refractivity contribution is 7.80. The van der Waals surface area contributed by atoms with E-state index in [0.717, 1.165) is 62.1 Å². The molecule has 0 amide bonds. The summed E-state index contributed by atoms with van der Waals surface area (Å²) in [6, 6.07) is 12.4. The van der Waals surface area contributed by atoms with Gasteiger partial charge in [0.1, 0.15) is 5.82 Å². The molecule has 2 N–H and O–H groups in total. The van der Waals surface area contributed by atoms with Crippen LogP contribution in [0.25, 0.3) is 0 Å². The number of aromatic nitrogens is 1. The van der Waals surface area contributed by atoms with Crippen LogP contribution in [-0.2, 0) is 5.41 Å². The second-order valence-corrected chi connectivity index (χ2v) is 9.35. The molecule has 2 heterocycles. The lowest BCUT2D eigenvalue weighted by Crippen LogP contribution is -2.44. The molecule has 160 valence electrons. The number of nitrogens with zero attached hydrogens (tertiary/aromatic N) is 3. The number of thiocarbonyl (C=S) groups is 1. The maximum absolute atomic E-state index is 6.26. The van der Waals surface area contributed by atoms with Crippen molar-refractivity contribution < 1.29 is 0 Å². The SMILES string of the molecule is CN1CCN(c2ccc(NC(=S)NCC3(c4cccc(Cl)c4)CCCC3)cn2)CC1. The molecule has 4 rings (SSSR count). The zero-order chi connectivity index (χ0) is 21.0. The van der Waals surface area contributed by atoms with E-state index in [0.29, 0.717) is 5.11 Å². The number of piperazine rings is 1. The van der Waals surface area contributed by atoms with Crippen LogP contribution in [0.15, 0.2) is 42.6 Å². The van der Waals surface area contributed by atoms with E-state index in [-0.39, 0.29) is 5.41 Å². The number of rotatable bonds is 5. The first-order chi connectivity index (χ1) is 14.5. The molecule has 1 aromatic heterocycles. The van der Waals surface area contributed by atoms with Gasteiger partial charge >= 0.3 is 0 Å². The van der Waals surface area contributed by atoms with Crippen molar-refractivity contribution >= 4 is 40.4 Å². The molecule has 30 heavy (non-hydrogen) atoms. The van der Waals surface area contributed by atoms with Crippen molar-refractivity contribution in [2.24, 2.45) is 0 Å². The average molecular weight is 444 g/mol. The molecule has 1 aliphatic heterocycles. The number of nitrogens with one attached hydrogen (secondary N) is 2. The summed E-state index contributed by atoms with van der Waals surface area (Å²) in [5.41, 5.74) is 2.31. The fourth-order valence-corrected chi connectivity index (χ4v) is 4.93. The lowest BCUT2D eigenvalue weighted by molar-refractivity contribution is 0.312. The van der Waals surface area contributed by atoms with E-state index >= 15 is 0 Å². The van der Waals surface area contributed by atoms with E-state index in [1.54, 1.807) is 0 Å². The van der Waals surface area contributed by atoms with Crippen molar-refractivity contribution in [3.05, 3.63) is 53.2 Å². The van der Waals surface area contributed by atoms with Gasteiger partial charge in [-0.2, -0.15) is 0 Å². The highest BCUT2D eigenvalue weighted by atomic mass is 35.5. The molecule has 1 aromatic carbocycles. The minimum absolute atomic E-state index is 0.0974. The van der Waals surface area contributed by atoms with Gasteiger partial charge in [0.25, 0.3) is 0 Å². The molecule has 5 nitrogen and oxygen atoms in total. The van der Waals surface area contributed by atoms with Crippen LogP contribution in [0.4, 0.5) is 11.5 Å². The Morgan fingerprint density at radius 3 is 2.57 bits per heavy atom. The largest absolute Gasteiger partial charge is 0.362 e. The topological polar surface area (TPSA) is 43.4 Å². The summed E-state index contributed by atoms with van der Waals surface area (Å²) in [6.45, 7) is 4.99. The monoisotopic (exact) mass is 443 g/mol. The van der Waals surface area contributed by atoms with Crippen molar-refractivity contribution in [3.63, 3.8) is 0 Å². The molecular formula is C23H30ClN5S. The van der Waals surface area contributed by atoms with Gasteiger partial charge in [0.15, 0.2) is 5.11 Å². The van der Waals surface area contributed by atoms with Crippen molar-refractivity contribution in [3.8, 4) is 0 Å². The summed E-state index contributed by atoms with van der Waals surface area (Å²) in [4.78, 5) is 9.30. The molecule has 0 spiro atoms. The molecule has 2 aromatic rings. The molecule has 0 unspecified atom stereocenters. The smallest absolute Gasteiger partial charge is 0.170 e. The van der Waals surface area contributed by atoms with Gasteiger partial charge in [-0.1, -0.05) is 36.6 Å². The van der Waals surface area contributed by atoms with E-state index < -0.39 is 0 Å². The van der Waals surface area contributed by atoms with Gasteiger partial charge in [-0.05, 0) is 61.9 Å². The maximum atomic E-state index is 6.26. The Morgan fingerprint density at radius 2 is 1.90 bits per heavy atom. The lowest BCUT2D eigenvalue weighted by Gasteiger charge is -2.33. The lowest BCUT2D eigenvalue weighted by atomic mass is 9.79. The van der Waals surface area contributed by atoms with E-state index in [1.807, 2.05) is 18.3 Å². The first-order valence-electron chi connectivity index (χ1n) is 10.7. The van der Waals surface area contributed by atoms with E-state index in [2.05, 4.69) is 56.7 Å². The van der Waals surface area contributed by atoms with Crippen molar-refractivity contribution in [1.29, 1.82) is 0 Å². The number of halogens is 1. The Hall–Kier alpha value is -1.89. The van der Waals surface area contributed by atoms with Crippen LogP contribution in [0.2, 0.25) is 5.02 Å². The third-order valence-corrected chi connectivity index (χ3v) is 6.90. The van der Waals surface area contributed by atoms with Gasteiger partial charge in [0.05, 0.1) is 11.9 Å². The molecule has 7 heteroatoms. The number of hydrogen-bond donors (Lipinski definition) is 2. The average Bonchev–Trinajstić information content (AvgIpc) is 3.24. The summed E-state index contributed by atoms with van der Waals surface area (Å²) < 4.78 is 0. The van der Waals surface area contributed by atoms with Crippen LogP contribution in [-0.4, -0.2) is 54.8 Å². The Kier molecular flexibility index (Phi) is 6.76. The molecule has 1 aliphatic carbocycles. The summed E-state index contributed by atoms with van der Waals surface area (Å²) in [5.74, 6) is 1.03. The number of anilines is 2. The van der Waals surface area contributed by atoms with Gasteiger partial charge in [-0.15, -0.1) is 0 Å². The summed E-state index contributed by atoms with van der Waals surface area (Å²) >= 11 is 11.8. The van der Waals surface area contributed by atoms with Crippen LogP contribution in [0.3, 0.4) is 0 Å². The second-order valence-electron chi connectivity index (χ2n) is 8.50. The molecular weight excluding hydrogens is 414 g/mol. The Bertz CT molecular complexity index is 858. The number of hydrogen-bond acceptors (Lipinski definition) is 4. The van der Waals surface area contributed by atoms with Crippen LogP contribution in [0, 0.1) is 0 Å². The van der Waals surface area contributed by atoms with Crippen LogP contribution < -0.4 is 15.5 Å². The van der Waals surface area contributed by atoms with Crippen LogP contribution in [0.1, 0.15) is 31.2 Å². The third kappa shape index (κ3) is 5.05. The highest BCUT2D eigenvalue weighted by Crippen LogP contribution is 2.41. The Balaban J connectivity index is 1.34. The minimum Gasteiger partial charge on any atom is -0.362 e. The first kappa shape index (κ1) is 21.3. The zero-order valence-electron chi connectivity index (χ0n) is 17.5. The van der Waals surface area contributed by atoms with Gasteiger partial charge in [0.2, 0.25) is 0 Å². The van der Waals surface area contributed by atoms with Crippen LogP contribution >= 0.6 is 23.8 Å². The summed E-state index contributed by atoms with van der Waals surface area (Å²) in [7, 11) is 2.16.